The van der Waals surface area contributed by atoms with Gasteiger partial charge in [-0.2, -0.15) is 22.9 Å². The molecule has 1 aromatic heterocycles. The largest absolute Gasteiger partial charge is 0.493 e. The maximum Gasteiger partial charge on any atom is 0.416 e. The van der Waals surface area contributed by atoms with Gasteiger partial charge in [0.2, 0.25) is 5.75 Å². The Morgan fingerprint density at radius 3 is 2.59 bits per heavy atom. The fourth-order valence-electron chi connectivity index (χ4n) is 3.83. The fourth-order valence-corrected chi connectivity index (χ4v) is 3.83. The Morgan fingerprint density at radius 2 is 1.90 bits per heavy atom. The Kier molecular flexibility index (Phi) is 8.31. The van der Waals surface area contributed by atoms with E-state index in [2.05, 4.69) is 10.1 Å². The van der Waals surface area contributed by atoms with E-state index in [-0.39, 0.29) is 46.0 Å². The van der Waals surface area contributed by atoms with Gasteiger partial charge < -0.3 is 14.2 Å². The van der Waals surface area contributed by atoms with Gasteiger partial charge in [-0.1, -0.05) is 24.3 Å². The van der Waals surface area contributed by atoms with Crippen molar-refractivity contribution in [3.8, 4) is 22.9 Å². The van der Waals surface area contributed by atoms with Gasteiger partial charge in [0.15, 0.2) is 18.2 Å². The summed E-state index contributed by atoms with van der Waals surface area (Å²) < 4.78 is 56.3. The van der Waals surface area contributed by atoms with Crippen molar-refractivity contribution >= 4 is 28.8 Å². The zero-order chi connectivity index (χ0) is 29.7. The summed E-state index contributed by atoms with van der Waals surface area (Å²) in [5, 5.41) is 16.1. The zero-order valence-corrected chi connectivity index (χ0v) is 21.5. The molecule has 0 aliphatic rings. The normalized spacial score (nSPS) is 11.5. The lowest BCUT2D eigenvalue weighted by molar-refractivity contribution is -0.385. The number of carbonyl (C=O) groups is 1. The molecule has 0 bridgehead atoms. The molecule has 0 unspecified atom stereocenters. The highest BCUT2D eigenvalue weighted by Crippen LogP contribution is 2.38. The molecule has 0 saturated heterocycles. The maximum atomic E-state index is 13.4. The molecule has 0 amide bonds. The lowest BCUT2D eigenvalue weighted by Gasteiger charge is -2.13. The summed E-state index contributed by atoms with van der Waals surface area (Å²) in [6.45, 7) is 1.06. The molecule has 0 radical (unpaired) electrons. The number of halogens is 3. The third-order valence-corrected chi connectivity index (χ3v) is 5.64. The quantitative estimate of drug-likeness (QED) is 0.121. The van der Waals surface area contributed by atoms with Crippen molar-refractivity contribution < 1.29 is 37.1 Å². The van der Waals surface area contributed by atoms with Gasteiger partial charge in [0, 0.05) is 17.2 Å². The fraction of sp³-hybridized carbons (Fsp3) is 0.185. The number of benzene rings is 3. The van der Waals surface area contributed by atoms with E-state index in [0.717, 1.165) is 29.1 Å². The summed E-state index contributed by atoms with van der Waals surface area (Å²) in [6.07, 6.45) is -3.56. The van der Waals surface area contributed by atoms with Crippen LogP contribution in [0.4, 0.5) is 18.9 Å². The molecule has 3 aromatic carbocycles. The first-order valence-corrected chi connectivity index (χ1v) is 11.9. The molecule has 1 heterocycles. The predicted molar refractivity (Wildman–Crippen MR) is 141 cm³/mol. The lowest BCUT2D eigenvalue weighted by Crippen LogP contribution is -2.20. The number of fused-ring (bicyclic) bond motifs is 1. The highest BCUT2D eigenvalue weighted by molar-refractivity contribution is 5.84. The summed E-state index contributed by atoms with van der Waals surface area (Å²) in [6, 6.07) is 12.8. The molecule has 0 spiro atoms. The van der Waals surface area contributed by atoms with Gasteiger partial charge >= 0.3 is 17.8 Å². The number of alkyl halides is 3. The molecule has 0 N–H and O–H groups in total. The Morgan fingerprint density at radius 1 is 1.15 bits per heavy atom. The number of hydrogen-bond acceptors (Lipinski definition) is 9. The molecular formula is C27H21F3N4O7. The van der Waals surface area contributed by atoms with Crippen LogP contribution in [0.5, 0.6) is 11.5 Å². The number of rotatable bonds is 9. The van der Waals surface area contributed by atoms with Gasteiger partial charge in [0.1, 0.15) is 0 Å². The number of carbonyl (C=O) groups excluding carboxylic acids is 1. The monoisotopic (exact) mass is 570 g/mol. The van der Waals surface area contributed by atoms with Crippen molar-refractivity contribution in [1.82, 2.24) is 9.66 Å². The van der Waals surface area contributed by atoms with Crippen molar-refractivity contribution in [2.24, 2.45) is 5.10 Å². The third-order valence-electron chi connectivity index (χ3n) is 5.64. The number of esters is 1. The Labute approximate surface area is 229 Å². The van der Waals surface area contributed by atoms with E-state index >= 15 is 0 Å². The van der Waals surface area contributed by atoms with Gasteiger partial charge in [-0.3, -0.25) is 14.9 Å². The molecule has 0 atom stereocenters. The second-order valence-corrected chi connectivity index (χ2v) is 8.31. The van der Waals surface area contributed by atoms with E-state index in [1.54, 1.807) is 19.1 Å². The Balaban J connectivity index is 1.84. The van der Waals surface area contributed by atoms with Crippen LogP contribution < -0.4 is 15.0 Å². The average molecular weight is 570 g/mol. The SMILES string of the molecule is CCOC(=O)COc1c(OC)cc(C=Nn2c(-c3cccc(C(F)(F)F)c3)nc3ccccc3c2=O)cc1[N+](=O)[O-]. The van der Waals surface area contributed by atoms with Crippen LogP contribution >= 0.6 is 0 Å². The molecule has 0 fully saturated rings. The van der Waals surface area contributed by atoms with Crippen LogP contribution in [0.15, 0.2) is 70.6 Å². The first kappa shape index (κ1) is 28.7. The molecule has 4 rings (SSSR count). The first-order chi connectivity index (χ1) is 19.5. The standard InChI is InChI=1S/C27H21F3N4O7/c1-3-40-23(35)15-41-24-21(34(37)38)11-16(12-22(24)39-2)14-31-33-25(17-7-6-8-18(13-17)27(28,29)30)32-20-10-5-4-9-19(20)26(33)36/h4-14H,3,15H2,1-2H3. The molecule has 4 aromatic rings. The Bertz CT molecular complexity index is 1720. The van der Waals surface area contributed by atoms with Gasteiger partial charge in [0.05, 0.1) is 41.3 Å². The van der Waals surface area contributed by atoms with Gasteiger partial charge in [-0.05, 0) is 37.3 Å². The van der Waals surface area contributed by atoms with Crippen molar-refractivity contribution in [2.45, 2.75) is 13.1 Å². The molecule has 0 saturated carbocycles. The van der Waals surface area contributed by atoms with Gasteiger partial charge in [-0.15, -0.1) is 0 Å². The minimum absolute atomic E-state index is 0.0360. The molecule has 0 aliphatic heterocycles. The number of aromatic nitrogens is 2. The highest BCUT2D eigenvalue weighted by Gasteiger charge is 2.31. The average Bonchev–Trinajstić information content (AvgIpc) is 2.95. The van der Waals surface area contributed by atoms with E-state index in [0.29, 0.717) is 0 Å². The number of ether oxygens (including phenoxy) is 3. The topological polar surface area (TPSA) is 135 Å². The lowest BCUT2D eigenvalue weighted by atomic mass is 10.1. The summed E-state index contributed by atoms with van der Waals surface area (Å²) >= 11 is 0. The van der Waals surface area contributed by atoms with Crippen molar-refractivity contribution in [2.75, 3.05) is 20.3 Å². The Hall–Kier alpha value is -5.27. The van der Waals surface area contributed by atoms with Crippen LogP contribution in [0, 0.1) is 10.1 Å². The van der Waals surface area contributed by atoms with E-state index in [1.165, 1.54) is 37.4 Å². The summed E-state index contributed by atoms with van der Waals surface area (Å²) in [4.78, 5) is 40.5. The second-order valence-electron chi connectivity index (χ2n) is 8.31. The van der Waals surface area contributed by atoms with Crippen LogP contribution in [-0.2, 0) is 15.7 Å². The first-order valence-electron chi connectivity index (χ1n) is 11.9. The van der Waals surface area contributed by atoms with Crippen molar-refractivity contribution in [3.63, 3.8) is 0 Å². The summed E-state index contributed by atoms with van der Waals surface area (Å²) in [5.41, 5.74) is -1.94. The van der Waals surface area contributed by atoms with E-state index in [4.69, 9.17) is 14.2 Å². The third kappa shape index (κ3) is 6.32. The van der Waals surface area contributed by atoms with Crippen molar-refractivity contribution in [1.29, 1.82) is 0 Å². The molecule has 212 valence electrons. The second kappa shape index (κ2) is 11.9. The van der Waals surface area contributed by atoms with E-state index < -0.39 is 40.5 Å². The molecular weight excluding hydrogens is 549 g/mol. The van der Waals surface area contributed by atoms with Crippen LogP contribution in [0.25, 0.3) is 22.3 Å². The highest BCUT2D eigenvalue weighted by atomic mass is 19.4. The minimum Gasteiger partial charge on any atom is -0.493 e. The van der Waals surface area contributed by atoms with Crippen LogP contribution in [0.1, 0.15) is 18.1 Å². The van der Waals surface area contributed by atoms with Crippen LogP contribution in [0.2, 0.25) is 0 Å². The summed E-state index contributed by atoms with van der Waals surface area (Å²) in [5.74, 6) is -1.39. The molecule has 11 nitrogen and oxygen atoms in total. The predicted octanol–water partition coefficient (Wildman–Crippen LogP) is 4.82. The zero-order valence-electron chi connectivity index (χ0n) is 21.5. The molecule has 0 aliphatic carbocycles. The van der Waals surface area contributed by atoms with Crippen LogP contribution in [0.3, 0.4) is 0 Å². The van der Waals surface area contributed by atoms with Crippen LogP contribution in [-0.4, -0.2) is 47.1 Å². The van der Waals surface area contributed by atoms with Gasteiger partial charge in [-0.25, -0.2) is 9.78 Å². The number of methoxy groups -OCH3 is 1. The smallest absolute Gasteiger partial charge is 0.416 e. The number of nitro benzene ring substituents is 1. The number of nitro groups is 1. The number of para-hydroxylation sites is 1. The summed E-state index contributed by atoms with van der Waals surface area (Å²) in [7, 11) is 1.22. The maximum absolute atomic E-state index is 13.4. The number of nitrogens with zero attached hydrogens (tertiary/aromatic N) is 4. The minimum atomic E-state index is -4.65. The van der Waals surface area contributed by atoms with Gasteiger partial charge in [0.25, 0.3) is 5.56 Å². The van der Waals surface area contributed by atoms with E-state index in [1.807, 2.05) is 0 Å². The molecule has 41 heavy (non-hydrogen) atoms. The molecule has 14 heteroatoms. The van der Waals surface area contributed by atoms with Crippen molar-refractivity contribution in [3.05, 3.63) is 92.3 Å². The van der Waals surface area contributed by atoms with E-state index in [9.17, 15) is 32.9 Å². The number of hydrogen-bond donors (Lipinski definition) is 0.